The molecular formula is C23H22N2O7S2. The zero-order valence-electron chi connectivity index (χ0n) is 18.3. The summed E-state index contributed by atoms with van der Waals surface area (Å²) in [7, 11) is 3.14. The number of carbonyl (C=O) groups is 3. The highest BCUT2D eigenvalue weighted by Crippen LogP contribution is 2.68. The molecule has 0 spiro atoms. The Morgan fingerprint density at radius 3 is 2.50 bits per heavy atom. The second kappa shape index (κ2) is 7.61. The molecule has 7 atom stereocenters. The van der Waals surface area contributed by atoms with Crippen LogP contribution in [-0.2, 0) is 14.4 Å². The van der Waals surface area contributed by atoms with E-state index in [9.17, 15) is 24.3 Å². The number of carbonyl (C=O) groups excluding carboxylic acids is 2. The maximum absolute atomic E-state index is 13.2. The van der Waals surface area contributed by atoms with Crippen molar-refractivity contribution in [3.05, 3.63) is 38.3 Å². The number of benzene rings is 1. The highest BCUT2D eigenvalue weighted by molar-refractivity contribution is 8.00. The number of methoxy groups -OCH3 is 2. The predicted octanol–water partition coefficient (Wildman–Crippen LogP) is 2.01. The molecule has 9 nitrogen and oxygen atoms in total. The van der Waals surface area contributed by atoms with Crippen LogP contribution in [0, 0.1) is 29.6 Å². The van der Waals surface area contributed by atoms with Gasteiger partial charge in [0.15, 0.2) is 11.5 Å². The number of nitrogens with one attached hydrogen (secondary N) is 1. The number of thiazole rings is 1. The van der Waals surface area contributed by atoms with Gasteiger partial charge in [-0.3, -0.25) is 24.1 Å². The SMILES string of the molecule is COc1ccc([C@@H]2c3sc(=O)[nH]c3S[C@H]3[C@@H]4C[C@@H]([C@@H]5C(=O)N(CC(=O)O)C(=O)[C@@H]45)[C@H]23)cc1OC. The average molecular weight is 503 g/mol. The molecule has 2 amide bonds. The average Bonchev–Trinajstić information content (AvgIpc) is 3.54. The Morgan fingerprint density at radius 1 is 1.12 bits per heavy atom. The van der Waals surface area contributed by atoms with Crippen LogP contribution in [0.2, 0.25) is 0 Å². The summed E-state index contributed by atoms with van der Waals surface area (Å²) in [5, 5.41) is 10.1. The van der Waals surface area contributed by atoms with Gasteiger partial charge in [-0.05, 0) is 41.9 Å². The van der Waals surface area contributed by atoms with Crippen LogP contribution in [0.25, 0.3) is 0 Å². The van der Waals surface area contributed by atoms with Gasteiger partial charge in [0, 0.05) is 16.0 Å². The standard InChI is InChI=1S/C23H22N2O7S2/c1-31-11-4-3-8(5-12(11)32-2)14-15-9-6-10(18(15)33-20-19(14)34-23(30)24-20)17-16(9)21(28)25(22(17)29)7-13(26)27/h3-5,9-10,14-18H,6-7H2,1-2H3,(H,24,30)(H,26,27)/t9-,10-,14+,15-,16+,17+,18+/m1/s1. The van der Waals surface area contributed by atoms with Crippen molar-refractivity contribution in [2.45, 2.75) is 22.6 Å². The van der Waals surface area contributed by atoms with E-state index in [4.69, 9.17) is 9.47 Å². The molecule has 2 aliphatic heterocycles. The van der Waals surface area contributed by atoms with Crippen LogP contribution in [0.3, 0.4) is 0 Å². The Balaban J connectivity index is 1.46. The lowest BCUT2D eigenvalue weighted by Gasteiger charge is -2.43. The van der Waals surface area contributed by atoms with E-state index in [1.165, 1.54) is 11.3 Å². The number of aliphatic carboxylic acids is 1. The zero-order valence-corrected chi connectivity index (χ0v) is 20.0. The highest BCUT2D eigenvalue weighted by atomic mass is 32.2. The molecule has 6 rings (SSSR count). The van der Waals surface area contributed by atoms with Crippen LogP contribution in [0.5, 0.6) is 11.5 Å². The number of hydrogen-bond acceptors (Lipinski definition) is 8. The molecule has 178 valence electrons. The summed E-state index contributed by atoms with van der Waals surface area (Å²) in [5.41, 5.74) is 0.965. The van der Waals surface area contributed by atoms with Gasteiger partial charge in [0.2, 0.25) is 11.8 Å². The number of thioether (sulfide) groups is 1. The van der Waals surface area contributed by atoms with E-state index in [-0.39, 0.29) is 45.6 Å². The van der Waals surface area contributed by atoms with Crippen LogP contribution in [0.1, 0.15) is 22.8 Å². The van der Waals surface area contributed by atoms with E-state index in [1.54, 1.807) is 26.0 Å². The number of imide groups is 1. The Bertz CT molecular complexity index is 1290. The Labute approximate surface area is 202 Å². The van der Waals surface area contributed by atoms with E-state index in [0.29, 0.717) is 11.5 Å². The number of carboxylic acid groups (broad SMARTS) is 1. The fourth-order valence-electron chi connectivity index (χ4n) is 6.79. The summed E-state index contributed by atoms with van der Waals surface area (Å²) in [6, 6.07) is 5.73. The number of carboxylic acids is 1. The number of hydrogen-bond donors (Lipinski definition) is 2. The van der Waals surface area contributed by atoms with Gasteiger partial charge in [0.25, 0.3) is 0 Å². The third kappa shape index (κ3) is 2.86. The Hall–Kier alpha value is -2.79. The summed E-state index contributed by atoms with van der Waals surface area (Å²) >= 11 is 2.78. The molecule has 11 heteroatoms. The molecule has 4 aliphatic rings. The van der Waals surface area contributed by atoms with E-state index in [0.717, 1.165) is 26.8 Å². The normalized spacial score (nSPS) is 33.0. The van der Waals surface area contributed by atoms with Gasteiger partial charge in [-0.25, -0.2) is 0 Å². The van der Waals surface area contributed by atoms with Crippen molar-refractivity contribution >= 4 is 40.9 Å². The number of amides is 2. The molecule has 3 heterocycles. The number of H-pyrrole nitrogens is 1. The zero-order chi connectivity index (χ0) is 23.9. The van der Waals surface area contributed by atoms with Crippen LogP contribution >= 0.6 is 23.1 Å². The van der Waals surface area contributed by atoms with E-state index >= 15 is 0 Å². The monoisotopic (exact) mass is 502 g/mol. The Kier molecular flexibility index (Phi) is 4.86. The quantitative estimate of drug-likeness (QED) is 0.595. The van der Waals surface area contributed by atoms with Crippen molar-refractivity contribution in [3.63, 3.8) is 0 Å². The second-order valence-electron chi connectivity index (χ2n) is 9.23. The number of ether oxygens (including phenoxy) is 2. The van der Waals surface area contributed by atoms with Gasteiger partial charge in [-0.2, -0.15) is 0 Å². The third-order valence-electron chi connectivity index (χ3n) is 7.88. The fraction of sp³-hybridized carbons (Fsp3) is 0.478. The van der Waals surface area contributed by atoms with Crippen molar-refractivity contribution in [2.24, 2.45) is 29.6 Å². The second-order valence-corrected chi connectivity index (χ2v) is 11.4. The van der Waals surface area contributed by atoms with Gasteiger partial charge < -0.3 is 19.6 Å². The van der Waals surface area contributed by atoms with E-state index in [2.05, 4.69) is 4.98 Å². The minimum Gasteiger partial charge on any atom is -0.493 e. The van der Waals surface area contributed by atoms with Crippen molar-refractivity contribution in [2.75, 3.05) is 20.8 Å². The molecule has 3 fully saturated rings. The Morgan fingerprint density at radius 2 is 1.82 bits per heavy atom. The number of fused-ring (bicyclic) bond motifs is 9. The number of likely N-dealkylation sites (tertiary alicyclic amines) is 1. The maximum Gasteiger partial charge on any atom is 0.323 e. The van der Waals surface area contributed by atoms with Gasteiger partial charge in [-0.15, -0.1) is 11.8 Å². The first-order valence-corrected chi connectivity index (χ1v) is 12.7. The molecule has 1 aromatic carbocycles. The van der Waals surface area contributed by atoms with Crippen LogP contribution < -0.4 is 14.3 Å². The first-order chi connectivity index (χ1) is 16.3. The lowest BCUT2D eigenvalue weighted by Crippen LogP contribution is -2.42. The molecule has 2 saturated carbocycles. The molecule has 0 radical (unpaired) electrons. The molecule has 2 bridgehead atoms. The molecule has 34 heavy (non-hydrogen) atoms. The van der Waals surface area contributed by atoms with Gasteiger partial charge in [-0.1, -0.05) is 17.4 Å². The van der Waals surface area contributed by atoms with Crippen LogP contribution in [0.15, 0.2) is 28.0 Å². The number of nitrogens with zero attached hydrogens (tertiary/aromatic N) is 1. The summed E-state index contributed by atoms with van der Waals surface area (Å²) < 4.78 is 10.9. The minimum atomic E-state index is -1.19. The number of rotatable bonds is 5. The van der Waals surface area contributed by atoms with Crippen molar-refractivity contribution in [3.8, 4) is 11.5 Å². The summed E-state index contributed by atoms with van der Waals surface area (Å²) in [6.45, 7) is -0.591. The van der Waals surface area contributed by atoms with Crippen molar-refractivity contribution in [1.29, 1.82) is 0 Å². The molecule has 2 aromatic rings. The molecule has 0 unspecified atom stereocenters. The number of aromatic amines is 1. The molecular weight excluding hydrogens is 480 g/mol. The summed E-state index contributed by atoms with van der Waals surface area (Å²) in [4.78, 5) is 54.6. The molecule has 1 saturated heterocycles. The smallest absolute Gasteiger partial charge is 0.323 e. The summed E-state index contributed by atoms with van der Waals surface area (Å²) in [6.07, 6.45) is 0.749. The molecule has 2 N–H and O–H groups in total. The predicted molar refractivity (Wildman–Crippen MR) is 122 cm³/mol. The number of aromatic nitrogens is 1. The van der Waals surface area contributed by atoms with Crippen LogP contribution in [-0.4, -0.2) is 58.8 Å². The van der Waals surface area contributed by atoms with Crippen molar-refractivity contribution < 1.29 is 29.0 Å². The fourth-order valence-corrected chi connectivity index (χ4v) is 9.68. The highest BCUT2D eigenvalue weighted by Gasteiger charge is 2.69. The van der Waals surface area contributed by atoms with Crippen molar-refractivity contribution in [1.82, 2.24) is 9.88 Å². The van der Waals surface area contributed by atoms with E-state index < -0.39 is 24.3 Å². The molecule has 2 aliphatic carbocycles. The minimum absolute atomic E-state index is 0.0369. The first kappa shape index (κ1) is 21.7. The van der Waals surface area contributed by atoms with E-state index in [1.807, 2.05) is 18.2 Å². The lowest BCUT2D eigenvalue weighted by atomic mass is 9.68. The largest absolute Gasteiger partial charge is 0.493 e. The maximum atomic E-state index is 13.2. The first-order valence-electron chi connectivity index (χ1n) is 11.0. The lowest BCUT2D eigenvalue weighted by molar-refractivity contribution is -0.149. The topological polar surface area (TPSA) is 126 Å². The van der Waals surface area contributed by atoms with Gasteiger partial charge >= 0.3 is 10.8 Å². The van der Waals surface area contributed by atoms with Gasteiger partial charge in [0.05, 0.1) is 31.1 Å². The molecule has 1 aromatic heterocycles. The third-order valence-corrected chi connectivity index (χ3v) is 10.5. The van der Waals surface area contributed by atoms with Crippen LogP contribution in [0.4, 0.5) is 0 Å². The van der Waals surface area contributed by atoms with Gasteiger partial charge in [0.1, 0.15) is 6.54 Å². The summed E-state index contributed by atoms with van der Waals surface area (Å²) in [5.74, 6) is -1.93.